The highest BCUT2D eigenvalue weighted by Crippen LogP contribution is 2.10. The molecule has 5 nitrogen and oxygen atoms in total. The summed E-state index contributed by atoms with van der Waals surface area (Å²) >= 11 is 0. The van der Waals surface area contributed by atoms with Gasteiger partial charge < -0.3 is 15.2 Å². The topological polar surface area (TPSA) is 65.2 Å². The first-order chi connectivity index (χ1) is 10.1. The van der Waals surface area contributed by atoms with Crippen molar-refractivity contribution in [1.82, 2.24) is 15.2 Å². The minimum absolute atomic E-state index is 0.127. The Morgan fingerprint density at radius 2 is 1.90 bits per heavy atom. The SMILES string of the molecule is CN(C)Cc1ccccc1CNC(=O)c1c[nH]ccc1=O. The molecule has 0 saturated carbocycles. The highest BCUT2D eigenvalue weighted by Gasteiger charge is 2.10. The lowest BCUT2D eigenvalue weighted by atomic mass is 10.1. The predicted molar refractivity (Wildman–Crippen MR) is 82.1 cm³/mol. The Hall–Kier alpha value is -2.40. The molecule has 110 valence electrons. The van der Waals surface area contributed by atoms with Crippen LogP contribution in [-0.2, 0) is 13.1 Å². The van der Waals surface area contributed by atoms with Gasteiger partial charge in [0.1, 0.15) is 5.56 Å². The summed E-state index contributed by atoms with van der Waals surface area (Å²) in [6, 6.07) is 9.28. The lowest BCUT2D eigenvalue weighted by molar-refractivity contribution is 0.0949. The van der Waals surface area contributed by atoms with Crippen LogP contribution in [0.4, 0.5) is 0 Å². The largest absolute Gasteiger partial charge is 0.367 e. The molecule has 5 heteroatoms. The minimum atomic E-state index is -0.364. The Bertz CT molecular complexity index is 677. The molecular formula is C16H19N3O2. The third kappa shape index (κ3) is 4.03. The molecule has 0 radical (unpaired) electrons. The van der Waals surface area contributed by atoms with E-state index in [1.807, 2.05) is 38.4 Å². The molecule has 2 N–H and O–H groups in total. The molecule has 21 heavy (non-hydrogen) atoms. The summed E-state index contributed by atoms with van der Waals surface area (Å²) in [5.74, 6) is -0.364. The monoisotopic (exact) mass is 285 g/mol. The first kappa shape index (κ1) is 15.0. The van der Waals surface area contributed by atoms with Crippen LogP contribution in [0, 0.1) is 0 Å². The Balaban J connectivity index is 2.08. The van der Waals surface area contributed by atoms with E-state index < -0.39 is 0 Å². The van der Waals surface area contributed by atoms with E-state index in [9.17, 15) is 9.59 Å². The molecule has 0 saturated heterocycles. The van der Waals surface area contributed by atoms with Crippen LogP contribution in [0.2, 0.25) is 0 Å². The summed E-state index contributed by atoms with van der Waals surface area (Å²) in [7, 11) is 4.00. The zero-order chi connectivity index (χ0) is 15.2. The average Bonchev–Trinajstić information content (AvgIpc) is 2.46. The number of carbonyl (C=O) groups is 1. The first-order valence-electron chi connectivity index (χ1n) is 6.74. The number of nitrogens with one attached hydrogen (secondary N) is 2. The van der Waals surface area contributed by atoms with Gasteiger partial charge in [0.2, 0.25) is 0 Å². The van der Waals surface area contributed by atoms with E-state index in [0.29, 0.717) is 6.54 Å². The van der Waals surface area contributed by atoms with Gasteiger partial charge in [-0.05, 0) is 25.2 Å². The lowest BCUT2D eigenvalue weighted by Gasteiger charge is -2.14. The van der Waals surface area contributed by atoms with Gasteiger partial charge in [0.15, 0.2) is 5.43 Å². The van der Waals surface area contributed by atoms with Crippen LogP contribution >= 0.6 is 0 Å². The fourth-order valence-electron chi connectivity index (χ4n) is 2.09. The molecule has 1 heterocycles. The van der Waals surface area contributed by atoms with Crippen molar-refractivity contribution in [2.45, 2.75) is 13.1 Å². The van der Waals surface area contributed by atoms with Crippen molar-refractivity contribution in [3.63, 3.8) is 0 Å². The van der Waals surface area contributed by atoms with Gasteiger partial charge in [0.25, 0.3) is 5.91 Å². The van der Waals surface area contributed by atoms with E-state index in [-0.39, 0.29) is 16.9 Å². The fraction of sp³-hybridized carbons (Fsp3) is 0.250. The highest BCUT2D eigenvalue weighted by atomic mass is 16.2. The summed E-state index contributed by atoms with van der Waals surface area (Å²) in [5.41, 5.74) is 2.05. The molecule has 1 amide bonds. The lowest BCUT2D eigenvalue weighted by Crippen LogP contribution is -2.28. The molecule has 0 fully saturated rings. The van der Waals surface area contributed by atoms with Gasteiger partial charge in [-0.2, -0.15) is 0 Å². The van der Waals surface area contributed by atoms with Gasteiger partial charge in [-0.3, -0.25) is 9.59 Å². The number of amides is 1. The second kappa shape index (κ2) is 6.85. The number of hydrogen-bond acceptors (Lipinski definition) is 3. The zero-order valence-corrected chi connectivity index (χ0v) is 12.2. The molecule has 1 aromatic heterocycles. The molecular weight excluding hydrogens is 266 g/mol. The molecule has 0 aliphatic carbocycles. The summed E-state index contributed by atoms with van der Waals surface area (Å²) < 4.78 is 0. The maximum atomic E-state index is 12.0. The maximum absolute atomic E-state index is 12.0. The number of benzene rings is 1. The van der Waals surface area contributed by atoms with Gasteiger partial charge in [-0.1, -0.05) is 24.3 Å². The molecule has 0 aliphatic rings. The molecule has 0 unspecified atom stereocenters. The van der Waals surface area contributed by atoms with E-state index in [1.165, 1.54) is 18.5 Å². The van der Waals surface area contributed by atoms with Crippen molar-refractivity contribution in [1.29, 1.82) is 0 Å². The third-order valence-corrected chi connectivity index (χ3v) is 3.11. The average molecular weight is 285 g/mol. The van der Waals surface area contributed by atoms with Crippen molar-refractivity contribution in [2.75, 3.05) is 14.1 Å². The van der Waals surface area contributed by atoms with Gasteiger partial charge in [0, 0.05) is 31.5 Å². The van der Waals surface area contributed by atoms with Crippen LogP contribution in [0.15, 0.2) is 47.5 Å². The van der Waals surface area contributed by atoms with Crippen molar-refractivity contribution in [2.24, 2.45) is 0 Å². The van der Waals surface area contributed by atoms with Gasteiger partial charge in [-0.25, -0.2) is 0 Å². The highest BCUT2D eigenvalue weighted by molar-refractivity contribution is 5.93. The van der Waals surface area contributed by atoms with Gasteiger partial charge in [-0.15, -0.1) is 0 Å². The molecule has 0 aliphatic heterocycles. The Labute approximate surface area is 123 Å². The summed E-state index contributed by atoms with van der Waals surface area (Å²) in [6.45, 7) is 1.20. The van der Waals surface area contributed by atoms with Crippen LogP contribution in [0.3, 0.4) is 0 Å². The summed E-state index contributed by atoms with van der Waals surface area (Å²) in [6.07, 6.45) is 2.93. The number of aromatic amines is 1. The first-order valence-corrected chi connectivity index (χ1v) is 6.74. The molecule has 1 aromatic carbocycles. The summed E-state index contributed by atoms with van der Waals surface area (Å²) in [4.78, 5) is 28.5. The molecule has 0 bridgehead atoms. The van der Waals surface area contributed by atoms with Crippen molar-refractivity contribution >= 4 is 5.91 Å². The Kier molecular flexibility index (Phi) is 4.90. The van der Waals surface area contributed by atoms with Crippen LogP contribution in [0.1, 0.15) is 21.5 Å². The van der Waals surface area contributed by atoms with E-state index in [2.05, 4.69) is 15.2 Å². The molecule has 0 spiro atoms. The molecule has 2 aromatic rings. The number of carbonyl (C=O) groups excluding carboxylic acids is 1. The molecule has 0 atom stereocenters. The van der Waals surface area contributed by atoms with Crippen LogP contribution in [0.25, 0.3) is 0 Å². The summed E-state index contributed by atoms with van der Waals surface area (Å²) in [5, 5.41) is 2.79. The number of nitrogens with zero attached hydrogens (tertiary/aromatic N) is 1. The van der Waals surface area contributed by atoms with Gasteiger partial charge >= 0.3 is 0 Å². The van der Waals surface area contributed by atoms with E-state index in [1.54, 1.807) is 0 Å². The maximum Gasteiger partial charge on any atom is 0.257 e. The van der Waals surface area contributed by atoms with Gasteiger partial charge in [0.05, 0.1) is 0 Å². The second-order valence-corrected chi connectivity index (χ2v) is 5.11. The Morgan fingerprint density at radius 3 is 2.57 bits per heavy atom. The number of pyridine rings is 1. The quantitative estimate of drug-likeness (QED) is 0.872. The second-order valence-electron chi connectivity index (χ2n) is 5.11. The van der Waals surface area contributed by atoms with Crippen LogP contribution in [0.5, 0.6) is 0 Å². The van der Waals surface area contributed by atoms with Crippen molar-refractivity contribution in [3.8, 4) is 0 Å². The Morgan fingerprint density at radius 1 is 1.19 bits per heavy atom. The normalized spacial score (nSPS) is 10.6. The predicted octanol–water partition coefficient (Wildman–Crippen LogP) is 1.37. The van der Waals surface area contributed by atoms with Crippen LogP contribution < -0.4 is 10.7 Å². The van der Waals surface area contributed by atoms with E-state index >= 15 is 0 Å². The third-order valence-electron chi connectivity index (χ3n) is 3.11. The van der Waals surface area contributed by atoms with Crippen molar-refractivity contribution < 1.29 is 4.79 Å². The van der Waals surface area contributed by atoms with E-state index in [0.717, 1.165) is 17.7 Å². The van der Waals surface area contributed by atoms with E-state index in [4.69, 9.17) is 0 Å². The number of aromatic nitrogens is 1. The smallest absolute Gasteiger partial charge is 0.257 e. The minimum Gasteiger partial charge on any atom is -0.367 e. The van der Waals surface area contributed by atoms with Crippen molar-refractivity contribution in [3.05, 3.63) is 69.6 Å². The number of hydrogen-bond donors (Lipinski definition) is 2. The standard InChI is InChI=1S/C16H19N3O2/c1-19(2)11-13-6-4-3-5-12(13)9-18-16(21)14-10-17-8-7-15(14)20/h3-8,10H,9,11H2,1-2H3,(H,17,20)(H,18,21). The fourth-order valence-corrected chi connectivity index (χ4v) is 2.09. The number of rotatable bonds is 5. The van der Waals surface area contributed by atoms with Crippen LogP contribution in [-0.4, -0.2) is 29.9 Å². The molecule has 2 rings (SSSR count). The zero-order valence-electron chi connectivity index (χ0n) is 12.2. The number of H-pyrrole nitrogens is 1.